The first-order valence-electron chi connectivity index (χ1n) is 11.9. The van der Waals surface area contributed by atoms with E-state index in [0.717, 1.165) is 31.7 Å². The molecule has 9 nitrogen and oxygen atoms in total. The van der Waals surface area contributed by atoms with Gasteiger partial charge in [-0.05, 0) is 62.3 Å². The monoisotopic (exact) mass is 503 g/mol. The van der Waals surface area contributed by atoms with Gasteiger partial charge in [0.05, 0.1) is 28.9 Å². The fraction of sp³-hybridized carbons (Fsp3) is 0.500. The number of likely N-dealkylation sites (tertiary alicyclic amines) is 1. The number of benzene rings is 1. The highest BCUT2D eigenvalue weighted by Crippen LogP contribution is 2.39. The lowest BCUT2D eigenvalue weighted by Crippen LogP contribution is -2.48. The van der Waals surface area contributed by atoms with Crippen LogP contribution in [0.4, 0.5) is 19.0 Å². The quantitative estimate of drug-likeness (QED) is 0.529. The molecule has 192 valence electrons. The summed E-state index contributed by atoms with van der Waals surface area (Å²) >= 11 is 0. The van der Waals surface area contributed by atoms with Crippen LogP contribution in [0.5, 0.6) is 5.75 Å². The molecule has 12 heteroatoms. The number of carbonyl (C=O) groups is 1. The molecule has 4 N–H and O–H groups in total. The Labute approximate surface area is 205 Å². The van der Waals surface area contributed by atoms with Crippen molar-refractivity contribution >= 4 is 22.8 Å². The molecule has 1 saturated carbocycles. The van der Waals surface area contributed by atoms with Crippen molar-refractivity contribution in [2.75, 3.05) is 25.4 Å². The zero-order valence-electron chi connectivity index (χ0n) is 19.9. The van der Waals surface area contributed by atoms with E-state index in [1.807, 2.05) is 4.90 Å². The lowest BCUT2D eigenvalue weighted by atomic mass is 9.93. The number of hydrogen-bond acceptors (Lipinski definition) is 7. The van der Waals surface area contributed by atoms with Crippen molar-refractivity contribution in [1.82, 2.24) is 24.9 Å². The molecule has 1 saturated heterocycles. The van der Waals surface area contributed by atoms with Gasteiger partial charge in [-0.2, -0.15) is 13.2 Å². The average molecular weight is 504 g/mol. The van der Waals surface area contributed by atoms with Gasteiger partial charge in [0, 0.05) is 25.7 Å². The molecule has 0 unspecified atom stereocenters. The number of hydrogen-bond donors (Lipinski definition) is 2. The maximum atomic E-state index is 13.9. The molecular formula is C24H28F3N7O2. The van der Waals surface area contributed by atoms with Gasteiger partial charge in [-0.25, -0.2) is 9.67 Å². The van der Waals surface area contributed by atoms with Crippen LogP contribution in [0.3, 0.4) is 0 Å². The summed E-state index contributed by atoms with van der Waals surface area (Å²) < 4.78 is 48.8. The average Bonchev–Trinajstić information content (AvgIpc) is 3.49. The van der Waals surface area contributed by atoms with Crippen LogP contribution in [0.1, 0.15) is 37.7 Å². The van der Waals surface area contributed by atoms with E-state index in [-0.39, 0.29) is 41.3 Å². The third kappa shape index (κ3) is 4.69. The number of pyridine rings is 1. The molecule has 2 aliphatic rings. The lowest BCUT2D eigenvalue weighted by molar-refractivity contribution is -0.139. The van der Waals surface area contributed by atoms with E-state index in [1.165, 1.54) is 16.8 Å². The number of aromatic nitrogens is 4. The van der Waals surface area contributed by atoms with Crippen LogP contribution in [0, 0.1) is 5.92 Å². The first-order chi connectivity index (χ1) is 17.0. The van der Waals surface area contributed by atoms with Crippen LogP contribution >= 0.6 is 0 Å². The Morgan fingerprint density at radius 3 is 2.61 bits per heavy atom. The number of nitrogen functional groups attached to an aromatic ring is 1. The van der Waals surface area contributed by atoms with E-state index in [0.29, 0.717) is 30.5 Å². The highest BCUT2D eigenvalue weighted by molar-refractivity contribution is 5.89. The number of anilines is 1. The molecule has 1 aliphatic heterocycles. The summed E-state index contributed by atoms with van der Waals surface area (Å²) in [6.45, 7) is 1.40. The Bertz CT molecular complexity index is 1290. The van der Waals surface area contributed by atoms with Gasteiger partial charge >= 0.3 is 6.18 Å². The Balaban J connectivity index is 1.25. The molecule has 1 amide bonds. The summed E-state index contributed by atoms with van der Waals surface area (Å²) in [6, 6.07) is 5.48. The van der Waals surface area contributed by atoms with Gasteiger partial charge in [0.1, 0.15) is 5.75 Å². The van der Waals surface area contributed by atoms with Gasteiger partial charge in [-0.15, -0.1) is 5.10 Å². The standard InChI is InChI=1S/C24H28F3N7O2/c1-33-18-13-17(30-21(28)20(18)31-32-33)15-2-3-19(16(12-15)24(25,26)27)36-11-6-14-4-9-34(10-5-14)22(35)23(29)7-8-23/h2-3,12-14H,4-11,29H2,1H3,(H2,28,30). The smallest absolute Gasteiger partial charge is 0.419 e. The largest absolute Gasteiger partial charge is 0.493 e. The predicted molar refractivity (Wildman–Crippen MR) is 127 cm³/mol. The van der Waals surface area contributed by atoms with Crippen molar-refractivity contribution in [3.05, 3.63) is 29.8 Å². The molecule has 0 bridgehead atoms. The third-order valence-corrected chi connectivity index (χ3v) is 7.11. The molecule has 1 aromatic carbocycles. The minimum absolute atomic E-state index is 0.0159. The summed E-state index contributed by atoms with van der Waals surface area (Å²) in [6.07, 6.45) is -0.959. The number of nitrogens with zero attached hydrogens (tertiary/aromatic N) is 5. The number of ether oxygens (including phenoxy) is 1. The molecule has 2 aromatic heterocycles. The Morgan fingerprint density at radius 2 is 1.94 bits per heavy atom. The molecule has 3 aromatic rings. The number of halogens is 3. The zero-order valence-corrected chi connectivity index (χ0v) is 19.9. The molecule has 0 radical (unpaired) electrons. The second-order valence-corrected chi connectivity index (χ2v) is 9.71. The number of amides is 1. The van der Waals surface area contributed by atoms with Gasteiger partial charge < -0.3 is 21.1 Å². The summed E-state index contributed by atoms with van der Waals surface area (Å²) in [5, 5.41) is 7.80. The number of fused-ring (bicyclic) bond motifs is 1. The van der Waals surface area contributed by atoms with Gasteiger partial charge in [-0.3, -0.25) is 4.79 Å². The van der Waals surface area contributed by atoms with Crippen molar-refractivity contribution in [2.24, 2.45) is 18.7 Å². The first kappa shape index (κ1) is 24.3. The van der Waals surface area contributed by atoms with E-state index < -0.39 is 17.3 Å². The summed E-state index contributed by atoms with van der Waals surface area (Å²) in [7, 11) is 1.67. The number of carbonyl (C=O) groups excluding carboxylic acids is 1. The number of alkyl halides is 3. The summed E-state index contributed by atoms with van der Waals surface area (Å²) in [4.78, 5) is 18.4. The molecule has 0 atom stereocenters. The molecule has 36 heavy (non-hydrogen) atoms. The highest BCUT2D eigenvalue weighted by atomic mass is 19.4. The summed E-state index contributed by atoms with van der Waals surface area (Å²) in [5.74, 6) is 0.161. The Morgan fingerprint density at radius 1 is 1.22 bits per heavy atom. The number of aryl methyl sites for hydroxylation is 1. The van der Waals surface area contributed by atoms with Crippen molar-refractivity contribution in [3.8, 4) is 17.0 Å². The first-order valence-corrected chi connectivity index (χ1v) is 11.9. The van der Waals surface area contributed by atoms with Crippen molar-refractivity contribution in [1.29, 1.82) is 0 Å². The van der Waals surface area contributed by atoms with Crippen LogP contribution in [0.2, 0.25) is 0 Å². The Kier molecular flexibility index (Phi) is 6.01. The van der Waals surface area contributed by atoms with Crippen LogP contribution in [-0.4, -0.2) is 56.0 Å². The van der Waals surface area contributed by atoms with Gasteiger partial charge in [0.15, 0.2) is 11.3 Å². The number of piperidine rings is 1. The second kappa shape index (κ2) is 8.91. The molecular weight excluding hydrogens is 475 g/mol. The fourth-order valence-corrected chi connectivity index (χ4v) is 4.66. The predicted octanol–water partition coefficient (Wildman–Crippen LogP) is 3.13. The Hall–Kier alpha value is -3.41. The number of rotatable bonds is 6. The minimum Gasteiger partial charge on any atom is -0.493 e. The van der Waals surface area contributed by atoms with E-state index in [4.69, 9.17) is 16.2 Å². The molecule has 2 fully saturated rings. The van der Waals surface area contributed by atoms with E-state index >= 15 is 0 Å². The van der Waals surface area contributed by atoms with Gasteiger partial charge in [0.2, 0.25) is 5.91 Å². The van der Waals surface area contributed by atoms with E-state index in [2.05, 4.69) is 15.3 Å². The van der Waals surface area contributed by atoms with Crippen LogP contribution in [0.15, 0.2) is 24.3 Å². The van der Waals surface area contributed by atoms with Crippen molar-refractivity contribution < 1.29 is 22.7 Å². The highest BCUT2D eigenvalue weighted by Gasteiger charge is 2.48. The maximum absolute atomic E-state index is 13.9. The molecule has 0 spiro atoms. The molecule has 3 heterocycles. The van der Waals surface area contributed by atoms with Gasteiger partial charge in [-0.1, -0.05) is 5.21 Å². The van der Waals surface area contributed by atoms with Crippen LogP contribution in [-0.2, 0) is 18.0 Å². The maximum Gasteiger partial charge on any atom is 0.419 e. The zero-order chi connectivity index (χ0) is 25.7. The molecule has 5 rings (SSSR count). The lowest BCUT2D eigenvalue weighted by Gasteiger charge is -2.33. The van der Waals surface area contributed by atoms with Crippen molar-refractivity contribution in [3.63, 3.8) is 0 Å². The van der Waals surface area contributed by atoms with Crippen LogP contribution in [0.25, 0.3) is 22.3 Å². The normalized spacial score (nSPS) is 18.0. The van der Waals surface area contributed by atoms with E-state index in [1.54, 1.807) is 13.1 Å². The van der Waals surface area contributed by atoms with Gasteiger partial charge in [0.25, 0.3) is 0 Å². The second-order valence-electron chi connectivity index (χ2n) is 9.71. The topological polar surface area (TPSA) is 125 Å². The summed E-state index contributed by atoms with van der Waals surface area (Å²) in [5.41, 5.74) is 11.9. The SMILES string of the molecule is Cn1nnc2c(N)nc(-c3ccc(OCCC4CCN(C(=O)C5(N)CC5)CC4)c(C(F)(F)F)c3)cc21. The van der Waals surface area contributed by atoms with E-state index in [9.17, 15) is 18.0 Å². The molecule has 1 aliphatic carbocycles. The fourth-order valence-electron chi connectivity index (χ4n) is 4.66. The van der Waals surface area contributed by atoms with Crippen molar-refractivity contribution in [2.45, 2.75) is 43.8 Å². The third-order valence-electron chi connectivity index (χ3n) is 7.11. The van der Waals surface area contributed by atoms with Crippen LogP contribution < -0.4 is 16.2 Å². The number of nitrogens with two attached hydrogens (primary N) is 2. The minimum atomic E-state index is -4.61.